The number of rotatable bonds is 3. The van der Waals surface area contributed by atoms with Crippen LogP contribution in [-0.2, 0) is 4.79 Å². The molecule has 1 heteroatoms. The van der Waals surface area contributed by atoms with Crippen LogP contribution in [0.2, 0.25) is 0 Å². The Balaban J connectivity index is 1.94. The molecule has 5 unspecified atom stereocenters. The van der Waals surface area contributed by atoms with E-state index in [4.69, 9.17) is 0 Å². The van der Waals surface area contributed by atoms with Crippen LogP contribution in [0.3, 0.4) is 0 Å². The van der Waals surface area contributed by atoms with Gasteiger partial charge in [-0.2, -0.15) is 0 Å². The number of allylic oxidation sites excluding steroid dienone is 4. The van der Waals surface area contributed by atoms with E-state index in [1.807, 2.05) is 6.08 Å². The van der Waals surface area contributed by atoms with Crippen molar-refractivity contribution >= 4 is 6.29 Å². The van der Waals surface area contributed by atoms with Crippen molar-refractivity contribution in [3.63, 3.8) is 0 Å². The molecule has 3 aliphatic rings. The van der Waals surface area contributed by atoms with Crippen LogP contribution in [-0.4, -0.2) is 6.29 Å². The van der Waals surface area contributed by atoms with Gasteiger partial charge in [0, 0.05) is 0 Å². The Bertz CT molecular complexity index is 514. The number of carbonyl (C=O) groups is 1. The van der Waals surface area contributed by atoms with Crippen LogP contribution < -0.4 is 0 Å². The van der Waals surface area contributed by atoms with Gasteiger partial charge in [-0.05, 0) is 80.1 Å². The first-order valence-electron chi connectivity index (χ1n) is 9.29. The highest BCUT2D eigenvalue weighted by Crippen LogP contribution is 2.64. The Morgan fingerprint density at radius 3 is 2.73 bits per heavy atom. The van der Waals surface area contributed by atoms with E-state index in [-0.39, 0.29) is 5.41 Å². The number of carbonyl (C=O) groups excluding carboxylic acids is 1. The van der Waals surface area contributed by atoms with Crippen LogP contribution >= 0.6 is 0 Å². The molecule has 0 aliphatic heterocycles. The molecular weight excluding hydrogens is 268 g/mol. The molecule has 2 saturated carbocycles. The summed E-state index contributed by atoms with van der Waals surface area (Å²) in [6, 6.07) is 0. The summed E-state index contributed by atoms with van der Waals surface area (Å²) in [6.45, 7) is 9.62. The molecule has 22 heavy (non-hydrogen) atoms. The maximum absolute atomic E-state index is 11.1. The molecule has 0 bridgehead atoms. The molecule has 1 nitrogen and oxygen atoms in total. The van der Waals surface area contributed by atoms with Crippen molar-refractivity contribution in [2.45, 2.75) is 72.6 Å². The van der Waals surface area contributed by atoms with Gasteiger partial charge in [0.15, 0.2) is 0 Å². The Morgan fingerprint density at radius 1 is 1.27 bits per heavy atom. The molecule has 5 atom stereocenters. The van der Waals surface area contributed by atoms with Crippen LogP contribution in [0.15, 0.2) is 23.3 Å². The molecule has 0 amide bonds. The third-order valence-corrected chi connectivity index (χ3v) is 7.74. The van der Waals surface area contributed by atoms with Gasteiger partial charge in [0.2, 0.25) is 0 Å². The first-order chi connectivity index (χ1) is 10.5. The van der Waals surface area contributed by atoms with Gasteiger partial charge in [-0.15, -0.1) is 0 Å². The van der Waals surface area contributed by atoms with Crippen molar-refractivity contribution in [3.8, 4) is 0 Å². The van der Waals surface area contributed by atoms with Crippen molar-refractivity contribution in [1.29, 1.82) is 0 Å². The summed E-state index contributed by atoms with van der Waals surface area (Å²) >= 11 is 0. The van der Waals surface area contributed by atoms with Crippen molar-refractivity contribution in [1.82, 2.24) is 0 Å². The summed E-state index contributed by atoms with van der Waals surface area (Å²) in [5.41, 5.74) is 3.80. The molecule has 0 spiro atoms. The van der Waals surface area contributed by atoms with Crippen LogP contribution in [0.1, 0.15) is 72.6 Å². The second-order valence-corrected chi connectivity index (χ2v) is 8.49. The van der Waals surface area contributed by atoms with E-state index in [1.165, 1.54) is 44.1 Å². The third kappa shape index (κ3) is 2.15. The highest BCUT2D eigenvalue weighted by atomic mass is 16.1. The van der Waals surface area contributed by atoms with Gasteiger partial charge in [-0.25, -0.2) is 0 Å². The van der Waals surface area contributed by atoms with E-state index in [9.17, 15) is 4.79 Å². The number of fused-ring (bicyclic) bond motifs is 3. The van der Waals surface area contributed by atoms with Crippen LogP contribution in [0.25, 0.3) is 0 Å². The number of hydrogen-bond acceptors (Lipinski definition) is 1. The zero-order valence-electron chi connectivity index (χ0n) is 14.8. The van der Waals surface area contributed by atoms with Crippen molar-refractivity contribution < 1.29 is 4.79 Å². The molecule has 0 N–H and O–H groups in total. The highest BCUT2D eigenvalue weighted by Gasteiger charge is 2.55. The average molecular weight is 300 g/mol. The zero-order valence-corrected chi connectivity index (χ0v) is 14.8. The lowest BCUT2D eigenvalue weighted by Crippen LogP contribution is -2.49. The summed E-state index contributed by atoms with van der Waals surface area (Å²) in [6.07, 6.45) is 14.3. The number of aldehydes is 1. The monoisotopic (exact) mass is 300 g/mol. The fraction of sp³-hybridized carbons (Fsp3) is 0.762. The quantitative estimate of drug-likeness (QED) is 0.370. The fourth-order valence-electron chi connectivity index (χ4n) is 6.33. The molecular formula is C21H32O. The minimum absolute atomic E-state index is 0.260. The molecule has 0 radical (unpaired) electrons. The molecule has 0 aromatic heterocycles. The standard InChI is InChI=1S/C21H32O/c1-5-12-21(4)16(11-14-22)7-8-17-18-9-6-15(2)20(18,3)13-10-19(17)21/h6,11,14,17-19H,5,7-10,12-13H2,1-4H3/b16-11-. The maximum Gasteiger partial charge on any atom is 0.142 e. The zero-order chi connectivity index (χ0) is 16.0. The third-order valence-electron chi connectivity index (χ3n) is 7.74. The van der Waals surface area contributed by atoms with Gasteiger partial charge in [0.25, 0.3) is 0 Å². The summed E-state index contributed by atoms with van der Waals surface area (Å²) in [4.78, 5) is 11.1. The molecule has 3 rings (SSSR count). The predicted molar refractivity (Wildman–Crippen MR) is 92.6 cm³/mol. The lowest BCUT2D eigenvalue weighted by Gasteiger charge is -2.57. The van der Waals surface area contributed by atoms with Crippen molar-refractivity contribution in [2.75, 3.05) is 0 Å². The molecule has 0 heterocycles. The Kier molecular flexibility index (Phi) is 4.12. The first kappa shape index (κ1) is 16.0. The lowest BCUT2D eigenvalue weighted by molar-refractivity contribution is -0.104. The van der Waals surface area contributed by atoms with Gasteiger partial charge < -0.3 is 0 Å². The normalized spacial score (nSPS) is 46.1. The van der Waals surface area contributed by atoms with E-state index in [0.29, 0.717) is 5.41 Å². The van der Waals surface area contributed by atoms with Crippen LogP contribution in [0, 0.1) is 28.6 Å². The highest BCUT2D eigenvalue weighted by molar-refractivity contribution is 5.66. The minimum atomic E-state index is 0.260. The van der Waals surface area contributed by atoms with Crippen LogP contribution in [0.4, 0.5) is 0 Å². The fourth-order valence-corrected chi connectivity index (χ4v) is 6.33. The van der Waals surface area contributed by atoms with Gasteiger partial charge >= 0.3 is 0 Å². The smallest absolute Gasteiger partial charge is 0.142 e. The average Bonchev–Trinajstić information content (AvgIpc) is 2.79. The first-order valence-corrected chi connectivity index (χ1v) is 9.29. The molecule has 0 saturated heterocycles. The summed E-state index contributed by atoms with van der Waals surface area (Å²) in [7, 11) is 0. The predicted octanol–water partition coefficient (Wildman–Crippen LogP) is 5.71. The second-order valence-electron chi connectivity index (χ2n) is 8.49. The van der Waals surface area contributed by atoms with Gasteiger partial charge in [0.05, 0.1) is 0 Å². The van der Waals surface area contributed by atoms with Gasteiger partial charge in [-0.3, -0.25) is 4.79 Å². The van der Waals surface area contributed by atoms with E-state index < -0.39 is 0 Å². The van der Waals surface area contributed by atoms with Crippen molar-refractivity contribution in [2.24, 2.45) is 28.6 Å². The van der Waals surface area contributed by atoms with Crippen molar-refractivity contribution in [3.05, 3.63) is 23.3 Å². The summed E-state index contributed by atoms with van der Waals surface area (Å²) in [5, 5.41) is 0. The topological polar surface area (TPSA) is 17.1 Å². The molecule has 3 aliphatic carbocycles. The summed E-state index contributed by atoms with van der Waals surface area (Å²) < 4.78 is 0. The van der Waals surface area contributed by atoms with E-state index in [0.717, 1.165) is 30.5 Å². The molecule has 2 fully saturated rings. The number of hydrogen-bond donors (Lipinski definition) is 0. The van der Waals surface area contributed by atoms with E-state index in [1.54, 1.807) is 5.57 Å². The molecule has 0 aromatic carbocycles. The Labute approximate surface area is 136 Å². The Hall–Kier alpha value is -0.850. The second kappa shape index (κ2) is 5.65. The van der Waals surface area contributed by atoms with Gasteiger partial charge in [-0.1, -0.05) is 44.4 Å². The van der Waals surface area contributed by atoms with Crippen LogP contribution in [0.5, 0.6) is 0 Å². The largest absolute Gasteiger partial charge is 0.299 e. The Morgan fingerprint density at radius 2 is 2.05 bits per heavy atom. The lowest BCUT2D eigenvalue weighted by atomic mass is 9.47. The van der Waals surface area contributed by atoms with Gasteiger partial charge in [0.1, 0.15) is 6.29 Å². The van der Waals surface area contributed by atoms with E-state index in [2.05, 4.69) is 33.8 Å². The SMILES string of the molecule is CCCC1(C)/C(=C\C=O)CCC2C3CC=C(C)C3(C)CCC21. The molecule has 0 aromatic rings. The summed E-state index contributed by atoms with van der Waals surface area (Å²) in [5.74, 6) is 2.48. The molecule has 122 valence electrons. The minimum Gasteiger partial charge on any atom is -0.299 e. The van der Waals surface area contributed by atoms with E-state index >= 15 is 0 Å². The maximum atomic E-state index is 11.1.